The highest BCUT2D eigenvalue weighted by Gasteiger charge is 2.43. The van der Waals surface area contributed by atoms with Crippen molar-refractivity contribution < 1.29 is 23.8 Å². The smallest absolute Gasteiger partial charge is 0.311 e. The van der Waals surface area contributed by atoms with Gasteiger partial charge in [0.25, 0.3) is 5.91 Å². The van der Waals surface area contributed by atoms with Gasteiger partial charge in [-0.05, 0) is 32.4 Å². The van der Waals surface area contributed by atoms with Crippen molar-refractivity contribution in [2.75, 3.05) is 13.1 Å². The Bertz CT molecular complexity index is 562. The van der Waals surface area contributed by atoms with Gasteiger partial charge in [0.15, 0.2) is 6.10 Å². The van der Waals surface area contributed by atoms with Crippen molar-refractivity contribution >= 4 is 11.9 Å². The van der Waals surface area contributed by atoms with E-state index in [0.29, 0.717) is 13.0 Å². The Balaban J connectivity index is 1.99. The van der Waals surface area contributed by atoms with Crippen LogP contribution in [-0.4, -0.2) is 41.1 Å². The van der Waals surface area contributed by atoms with E-state index in [0.717, 1.165) is 0 Å². The van der Waals surface area contributed by atoms with Crippen LogP contribution >= 0.6 is 0 Å². The van der Waals surface area contributed by atoms with Crippen molar-refractivity contribution in [3.63, 3.8) is 0 Å². The molecule has 0 spiro atoms. The van der Waals surface area contributed by atoms with Crippen molar-refractivity contribution in [2.24, 2.45) is 5.41 Å². The third kappa shape index (κ3) is 3.32. The summed E-state index contributed by atoms with van der Waals surface area (Å²) in [6, 6.07) is 5.56. The van der Waals surface area contributed by atoms with Gasteiger partial charge in [0, 0.05) is 19.2 Å². The van der Waals surface area contributed by atoms with Crippen molar-refractivity contribution in [3.8, 4) is 5.75 Å². The minimum atomic E-state index is -0.908. The first-order chi connectivity index (χ1) is 9.82. The van der Waals surface area contributed by atoms with E-state index in [1.807, 2.05) is 0 Å². The molecule has 1 heterocycles. The summed E-state index contributed by atoms with van der Waals surface area (Å²) >= 11 is 0. The Morgan fingerprint density at radius 2 is 2.19 bits per heavy atom. The molecule has 0 radical (unpaired) electrons. The summed E-state index contributed by atoms with van der Waals surface area (Å²) in [4.78, 5) is 24.9. The lowest BCUT2D eigenvalue weighted by molar-refractivity contribution is -0.147. The van der Waals surface area contributed by atoms with E-state index in [1.54, 1.807) is 19.9 Å². The van der Waals surface area contributed by atoms with E-state index in [2.05, 4.69) is 0 Å². The molecule has 1 aromatic rings. The Morgan fingerprint density at radius 1 is 1.48 bits per heavy atom. The average molecular weight is 295 g/mol. The zero-order valence-corrected chi connectivity index (χ0v) is 12.0. The average Bonchev–Trinajstić information content (AvgIpc) is 2.82. The van der Waals surface area contributed by atoms with Crippen LogP contribution in [0.5, 0.6) is 5.75 Å². The maximum absolute atomic E-state index is 13.1. The van der Waals surface area contributed by atoms with Crippen LogP contribution in [0.1, 0.15) is 20.3 Å². The van der Waals surface area contributed by atoms with Gasteiger partial charge in [0.05, 0.1) is 5.41 Å². The molecular weight excluding hydrogens is 277 g/mol. The molecule has 1 aliphatic rings. The zero-order valence-electron chi connectivity index (χ0n) is 12.0. The van der Waals surface area contributed by atoms with Crippen LogP contribution in [0.2, 0.25) is 0 Å². The largest absolute Gasteiger partial charge is 0.481 e. The van der Waals surface area contributed by atoms with Gasteiger partial charge in [0.1, 0.15) is 11.6 Å². The van der Waals surface area contributed by atoms with E-state index in [-0.39, 0.29) is 18.2 Å². The van der Waals surface area contributed by atoms with Crippen molar-refractivity contribution in [1.82, 2.24) is 4.90 Å². The molecule has 2 rings (SSSR count). The van der Waals surface area contributed by atoms with E-state index < -0.39 is 23.3 Å². The maximum Gasteiger partial charge on any atom is 0.311 e. The number of ether oxygens (including phenoxy) is 1. The minimum absolute atomic E-state index is 0.165. The number of hydrogen-bond acceptors (Lipinski definition) is 3. The molecular formula is C15H18FNO4. The number of carboxylic acid groups (broad SMARTS) is 1. The number of likely N-dealkylation sites (tertiary alicyclic amines) is 1. The molecule has 6 heteroatoms. The van der Waals surface area contributed by atoms with Crippen LogP contribution in [0.4, 0.5) is 4.39 Å². The molecule has 5 nitrogen and oxygen atoms in total. The second-order valence-corrected chi connectivity index (χ2v) is 5.59. The number of halogens is 1. The van der Waals surface area contributed by atoms with Crippen LogP contribution in [0.15, 0.2) is 24.3 Å². The molecule has 1 aromatic carbocycles. The molecule has 0 aromatic heterocycles. The highest BCUT2D eigenvalue weighted by atomic mass is 19.1. The summed E-state index contributed by atoms with van der Waals surface area (Å²) in [6.07, 6.45) is -0.372. The number of benzene rings is 1. The molecule has 1 saturated heterocycles. The van der Waals surface area contributed by atoms with E-state index >= 15 is 0 Å². The van der Waals surface area contributed by atoms with Gasteiger partial charge in [-0.15, -0.1) is 0 Å². The molecule has 0 bridgehead atoms. The van der Waals surface area contributed by atoms with Gasteiger partial charge in [-0.3, -0.25) is 9.59 Å². The fourth-order valence-electron chi connectivity index (χ4n) is 2.38. The first-order valence-corrected chi connectivity index (χ1v) is 6.76. The predicted octanol–water partition coefficient (Wildman–Crippen LogP) is 1.92. The lowest BCUT2D eigenvalue weighted by Crippen LogP contribution is -2.41. The number of nitrogens with zero attached hydrogens (tertiary/aromatic N) is 1. The standard InChI is InChI=1S/C15H18FNO4/c1-10(21-12-5-3-4-11(16)8-12)13(18)17-7-6-15(2,9-17)14(19)20/h3-5,8,10H,6-7,9H2,1-2H3,(H,19,20)/t10-,15+/m1/s1. The van der Waals surface area contributed by atoms with Crippen molar-refractivity contribution in [2.45, 2.75) is 26.4 Å². The van der Waals surface area contributed by atoms with Gasteiger partial charge >= 0.3 is 5.97 Å². The summed E-state index contributed by atoms with van der Waals surface area (Å²) in [5.74, 6) is -1.36. The molecule has 1 N–H and O–H groups in total. The highest BCUT2D eigenvalue weighted by molar-refractivity contribution is 5.83. The molecule has 1 fully saturated rings. The first kappa shape index (κ1) is 15.3. The molecule has 2 atom stereocenters. The zero-order chi connectivity index (χ0) is 15.6. The SMILES string of the molecule is C[C@@H](Oc1cccc(F)c1)C(=O)N1CC[C@](C)(C(=O)O)C1. The van der Waals surface area contributed by atoms with Crippen molar-refractivity contribution in [3.05, 3.63) is 30.1 Å². The van der Waals surface area contributed by atoms with E-state index in [4.69, 9.17) is 9.84 Å². The summed E-state index contributed by atoms with van der Waals surface area (Å²) < 4.78 is 18.5. The topological polar surface area (TPSA) is 66.8 Å². The summed E-state index contributed by atoms with van der Waals surface area (Å²) in [6.45, 7) is 3.75. The fraction of sp³-hybridized carbons (Fsp3) is 0.467. The van der Waals surface area contributed by atoms with Crippen LogP contribution in [-0.2, 0) is 9.59 Å². The van der Waals surface area contributed by atoms with Gasteiger partial charge in [-0.1, -0.05) is 6.07 Å². The molecule has 0 saturated carbocycles. The highest BCUT2D eigenvalue weighted by Crippen LogP contribution is 2.30. The van der Waals surface area contributed by atoms with Gasteiger partial charge < -0.3 is 14.7 Å². The second kappa shape index (κ2) is 5.71. The van der Waals surface area contributed by atoms with Crippen LogP contribution in [0.3, 0.4) is 0 Å². The Morgan fingerprint density at radius 3 is 2.76 bits per heavy atom. The quantitative estimate of drug-likeness (QED) is 0.921. The summed E-state index contributed by atoms with van der Waals surface area (Å²) in [7, 11) is 0. The maximum atomic E-state index is 13.1. The number of aliphatic carboxylic acids is 1. The molecule has 0 aliphatic carbocycles. The first-order valence-electron chi connectivity index (χ1n) is 6.76. The fourth-order valence-corrected chi connectivity index (χ4v) is 2.38. The minimum Gasteiger partial charge on any atom is -0.481 e. The monoisotopic (exact) mass is 295 g/mol. The molecule has 114 valence electrons. The molecule has 1 aliphatic heterocycles. The summed E-state index contributed by atoms with van der Waals surface area (Å²) in [5, 5.41) is 9.17. The van der Waals surface area contributed by atoms with E-state index in [1.165, 1.54) is 23.1 Å². The second-order valence-electron chi connectivity index (χ2n) is 5.59. The van der Waals surface area contributed by atoms with E-state index in [9.17, 15) is 14.0 Å². The number of carbonyl (C=O) groups is 2. The van der Waals surface area contributed by atoms with Crippen molar-refractivity contribution in [1.29, 1.82) is 0 Å². The number of amides is 1. The van der Waals surface area contributed by atoms with Gasteiger partial charge in [0.2, 0.25) is 0 Å². The Labute approximate surface area is 122 Å². The van der Waals surface area contributed by atoms with Crippen LogP contribution < -0.4 is 4.74 Å². The third-order valence-electron chi connectivity index (χ3n) is 3.76. The Hall–Kier alpha value is -2.11. The predicted molar refractivity (Wildman–Crippen MR) is 73.4 cm³/mol. The number of carboxylic acids is 1. The van der Waals surface area contributed by atoms with Gasteiger partial charge in [-0.2, -0.15) is 0 Å². The van der Waals surface area contributed by atoms with Crippen LogP contribution in [0, 0.1) is 11.2 Å². The molecule has 0 unspecified atom stereocenters. The number of carbonyl (C=O) groups excluding carboxylic acids is 1. The Kier molecular flexibility index (Phi) is 4.16. The lowest BCUT2D eigenvalue weighted by Gasteiger charge is -2.23. The third-order valence-corrected chi connectivity index (χ3v) is 3.76. The van der Waals surface area contributed by atoms with Gasteiger partial charge in [-0.25, -0.2) is 4.39 Å². The molecule has 21 heavy (non-hydrogen) atoms. The van der Waals surface area contributed by atoms with Crippen LogP contribution in [0.25, 0.3) is 0 Å². The summed E-state index contributed by atoms with van der Waals surface area (Å²) in [5.41, 5.74) is -0.908. The number of hydrogen-bond donors (Lipinski definition) is 1. The lowest BCUT2D eigenvalue weighted by atomic mass is 9.90. The molecule has 1 amide bonds. The number of rotatable bonds is 4. The normalized spacial score (nSPS) is 22.9.